The minimum absolute atomic E-state index is 0.0472. The molecule has 1 aliphatic rings. The number of likely N-dealkylation sites (N-methyl/N-ethyl adjacent to an activating group) is 1. The first-order valence-electron chi connectivity index (χ1n) is 11.1. The molecule has 1 fully saturated rings. The van der Waals surface area contributed by atoms with Crippen molar-refractivity contribution in [2.24, 2.45) is 0 Å². The molecule has 1 saturated carbocycles. The van der Waals surface area contributed by atoms with Gasteiger partial charge in [-0.15, -0.1) is 0 Å². The number of aryl methyl sites for hydroxylation is 1. The van der Waals surface area contributed by atoms with Gasteiger partial charge in [0, 0.05) is 32.5 Å². The maximum Gasteiger partial charge on any atom is 0.243 e. The molecule has 9 heteroatoms. The summed E-state index contributed by atoms with van der Waals surface area (Å²) in [5.41, 5.74) is 0.0730. The van der Waals surface area contributed by atoms with Crippen molar-refractivity contribution in [2.75, 3.05) is 18.9 Å². The van der Waals surface area contributed by atoms with Crippen LogP contribution in [0.25, 0.3) is 0 Å². The molecule has 2 aromatic rings. The highest BCUT2D eigenvalue weighted by Gasteiger charge is 2.38. The van der Waals surface area contributed by atoms with Crippen LogP contribution in [0.3, 0.4) is 0 Å². The number of amides is 3. The van der Waals surface area contributed by atoms with Gasteiger partial charge in [-0.3, -0.25) is 14.4 Å². The van der Waals surface area contributed by atoms with E-state index in [1.165, 1.54) is 11.8 Å². The van der Waals surface area contributed by atoms with Crippen molar-refractivity contribution in [2.45, 2.75) is 63.8 Å². The molecule has 1 heterocycles. The second kappa shape index (κ2) is 10.9. The maximum absolute atomic E-state index is 12.5. The summed E-state index contributed by atoms with van der Waals surface area (Å²) in [6.45, 7) is 1.45. The number of hydrogen-bond acceptors (Lipinski definition) is 6. The minimum atomic E-state index is -0.611. The highest BCUT2D eigenvalue weighted by Crippen LogP contribution is 2.34. The molecule has 0 radical (unpaired) electrons. The third kappa shape index (κ3) is 6.38. The predicted octanol–water partition coefficient (Wildman–Crippen LogP) is 2.78. The zero-order chi connectivity index (χ0) is 23.0. The number of nitrogens with zero attached hydrogens (tertiary/aromatic N) is 3. The van der Waals surface area contributed by atoms with Crippen LogP contribution in [0, 0.1) is 0 Å². The van der Waals surface area contributed by atoms with Crippen molar-refractivity contribution in [3.63, 3.8) is 0 Å². The van der Waals surface area contributed by atoms with E-state index >= 15 is 0 Å². The summed E-state index contributed by atoms with van der Waals surface area (Å²) < 4.78 is 5.39. The van der Waals surface area contributed by atoms with Crippen LogP contribution >= 0.6 is 0 Å². The van der Waals surface area contributed by atoms with Crippen LogP contribution < -0.4 is 10.6 Å². The molecule has 0 saturated heterocycles. The first kappa shape index (κ1) is 23.4. The topological polar surface area (TPSA) is 117 Å². The number of nitrogens with one attached hydrogen (secondary N) is 2. The Morgan fingerprint density at radius 1 is 1.09 bits per heavy atom. The van der Waals surface area contributed by atoms with Gasteiger partial charge in [-0.2, -0.15) is 4.98 Å². The molecule has 0 spiro atoms. The van der Waals surface area contributed by atoms with Crippen molar-refractivity contribution >= 4 is 23.4 Å². The van der Waals surface area contributed by atoms with Gasteiger partial charge in [0.05, 0.1) is 6.54 Å². The van der Waals surface area contributed by atoms with E-state index in [0.29, 0.717) is 17.4 Å². The lowest BCUT2D eigenvalue weighted by Gasteiger charge is -2.30. The standard InChI is InChI=1S/C23H31N5O4/c1-17(29)26-23(14-8-3-4-9-15-23)22-25-20(32-27-22)12-13-21(31)28(2)16-19(30)24-18-10-6-5-7-11-18/h5-7,10-11H,3-4,8-9,12-16H2,1-2H3,(H,24,30)(H,26,29). The van der Waals surface area contributed by atoms with Crippen LogP contribution in [0.1, 0.15) is 63.6 Å². The van der Waals surface area contributed by atoms with E-state index in [1.807, 2.05) is 18.2 Å². The van der Waals surface area contributed by atoms with Gasteiger partial charge < -0.3 is 20.1 Å². The third-order valence-corrected chi connectivity index (χ3v) is 5.69. The summed E-state index contributed by atoms with van der Waals surface area (Å²) in [6.07, 6.45) is 6.15. The van der Waals surface area contributed by atoms with E-state index < -0.39 is 5.54 Å². The van der Waals surface area contributed by atoms with Crippen LogP contribution in [0.5, 0.6) is 0 Å². The first-order valence-corrected chi connectivity index (χ1v) is 11.1. The molecule has 1 aliphatic carbocycles. The molecule has 3 amide bonds. The average Bonchev–Trinajstić information content (AvgIpc) is 3.12. The Morgan fingerprint density at radius 3 is 2.44 bits per heavy atom. The largest absolute Gasteiger partial charge is 0.343 e. The van der Waals surface area contributed by atoms with Crippen molar-refractivity contribution in [3.05, 3.63) is 42.0 Å². The monoisotopic (exact) mass is 441 g/mol. The molecule has 32 heavy (non-hydrogen) atoms. The van der Waals surface area contributed by atoms with Gasteiger partial charge in [-0.05, 0) is 25.0 Å². The number of anilines is 1. The van der Waals surface area contributed by atoms with Gasteiger partial charge >= 0.3 is 0 Å². The predicted molar refractivity (Wildman–Crippen MR) is 119 cm³/mol. The van der Waals surface area contributed by atoms with E-state index in [-0.39, 0.29) is 37.1 Å². The highest BCUT2D eigenvalue weighted by molar-refractivity contribution is 5.94. The molecule has 0 aliphatic heterocycles. The lowest BCUT2D eigenvalue weighted by Crippen LogP contribution is -2.45. The SMILES string of the molecule is CC(=O)NC1(c2noc(CCC(=O)N(C)CC(=O)Nc3ccccc3)n2)CCCCCC1. The highest BCUT2D eigenvalue weighted by atomic mass is 16.5. The average molecular weight is 442 g/mol. The Bertz CT molecular complexity index is 919. The fourth-order valence-corrected chi connectivity index (χ4v) is 4.05. The van der Waals surface area contributed by atoms with Gasteiger partial charge in [-0.1, -0.05) is 49.0 Å². The number of carbonyl (C=O) groups excluding carboxylic acids is 3. The lowest BCUT2D eigenvalue weighted by molar-refractivity contribution is -0.133. The van der Waals surface area contributed by atoms with Gasteiger partial charge in [0.25, 0.3) is 0 Å². The molecule has 1 aromatic heterocycles. The molecule has 0 bridgehead atoms. The second-order valence-corrected chi connectivity index (χ2v) is 8.35. The number of hydrogen-bond donors (Lipinski definition) is 2. The zero-order valence-electron chi connectivity index (χ0n) is 18.7. The molecule has 3 rings (SSSR count). The molecule has 2 N–H and O–H groups in total. The molecule has 9 nitrogen and oxygen atoms in total. The Hall–Kier alpha value is -3.23. The Morgan fingerprint density at radius 2 is 1.78 bits per heavy atom. The smallest absolute Gasteiger partial charge is 0.243 e. The zero-order valence-corrected chi connectivity index (χ0v) is 18.7. The van der Waals surface area contributed by atoms with Crippen molar-refractivity contribution < 1.29 is 18.9 Å². The van der Waals surface area contributed by atoms with Crippen LogP contribution in [-0.2, 0) is 26.3 Å². The molecular formula is C23H31N5O4. The van der Waals surface area contributed by atoms with Gasteiger partial charge in [0.2, 0.25) is 23.6 Å². The van der Waals surface area contributed by atoms with Crippen molar-refractivity contribution in [3.8, 4) is 0 Å². The van der Waals surface area contributed by atoms with E-state index in [4.69, 9.17) is 4.52 Å². The summed E-state index contributed by atoms with van der Waals surface area (Å²) in [5.74, 6) is 0.248. The normalized spacial score (nSPS) is 15.4. The molecule has 1 aromatic carbocycles. The quantitative estimate of drug-likeness (QED) is 0.608. The summed E-state index contributed by atoms with van der Waals surface area (Å²) in [7, 11) is 1.59. The third-order valence-electron chi connectivity index (χ3n) is 5.69. The second-order valence-electron chi connectivity index (χ2n) is 8.35. The fraction of sp³-hybridized carbons (Fsp3) is 0.522. The minimum Gasteiger partial charge on any atom is -0.343 e. The number of benzene rings is 1. The Labute approximate surface area is 187 Å². The van der Waals surface area contributed by atoms with Crippen molar-refractivity contribution in [1.82, 2.24) is 20.4 Å². The summed E-state index contributed by atoms with van der Waals surface area (Å²) >= 11 is 0. The molecule has 0 atom stereocenters. The molecular weight excluding hydrogens is 410 g/mol. The summed E-state index contributed by atoms with van der Waals surface area (Å²) in [5, 5.41) is 9.94. The van der Waals surface area contributed by atoms with Crippen LogP contribution in [0.2, 0.25) is 0 Å². The maximum atomic E-state index is 12.5. The van der Waals surface area contributed by atoms with E-state index in [9.17, 15) is 14.4 Å². The Kier molecular flexibility index (Phi) is 7.97. The summed E-state index contributed by atoms with van der Waals surface area (Å²) in [6, 6.07) is 9.09. The number of aromatic nitrogens is 2. The Balaban J connectivity index is 1.54. The number of para-hydroxylation sites is 1. The van der Waals surface area contributed by atoms with E-state index in [1.54, 1.807) is 19.2 Å². The van der Waals surface area contributed by atoms with Gasteiger partial charge in [0.1, 0.15) is 5.54 Å². The van der Waals surface area contributed by atoms with Crippen molar-refractivity contribution in [1.29, 1.82) is 0 Å². The number of rotatable bonds is 8. The molecule has 172 valence electrons. The number of carbonyl (C=O) groups is 3. The van der Waals surface area contributed by atoms with Gasteiger partial charge in [-0.25, -0.2) is 0 Å². The van der Waals surface area contributed by atoms with Crippen LogP contribution in [-0.4, -0.2) is 46.4 Å². The van der Waals surface area contributed by atoms with E-state index in [2.05, 4.69) is 20.8 Å². The molecule has 0 unspecified atom stereocenters. The first-order chi connectivity index (χ1) is 15.4. The van der Waals surface area contributed by atoms with Gasteiger partial charge in [0.15, 0.2) is 5.82 Å². The van der Waals surface area contributed by atoms with E-state index in [0.717, 1.165) is 38.5 Å². The lowest BCUT2D eigenvalue weighted by atomic mass is 9.89. The summed E-state index contributed by atoms with van der Waals surface area (Å²) in [4.78, 5) is 42.3. The van der Waals surface area contributed by atoms with Crippen LogP contribution in [0.15, 0.2) is 34.9 Å². The van der Waals surface area contributed by atoms with Crippen LogP contribution in [0.4, 0.5) is 5.69 Å². The fourth-order valence-electron chi connectivity index (χ4n) is 4.05.